The molecule has 0 aromatic heterocycles. The number of hydrogen-bond donors (Lipinski definition) is 1. The molecule has 0 fully saturated rings. The molecule has 1 atom stereocenters. The summed E-state index contributed by atoms with van der Waals surface area (Å²) < 4.78 is 13.4. The molecule has 1 N–H and O–H groups in total. The number of aryl methyl sites for hydroxylation is 5. The van der Waals surface area contributed by atoms with Crippen molar-refractivity contribution in [1.29, 1.82) is 0 Å². The summed E-state index contributed by atoms with van der Waals surface area (Å²) in [6.07, 6.45) is 0. The summed E-state index contributed by atoms with van der Waals surface area (Å²) in [6.45, 7) is 8.88. The second-order valence-corrected chi connectivity index (χ2v) is 9.53. The van der Waals surface area contributed by atoms with E-state index in [1.54, 1.807) is 45.0 Å². The largest absolute Gasteiger partial charge is 0.337 e. The molecule has 0 heterocycles. The van der Waals surface area contributed by atoms with Crippen LogP contribution in [0, 0.1) is 38.2 Å². The molecule has 2 aromatic rings. The molecule has 6 heteroatoms. The van der Waals surface area contributed by atoms with E-state index in [2.05, 4.69) is 0 Å². The van der Waals surface area contributed by atoms with Gasteiger partial charge in [-0.2, -0.15) is 0 Å². The Kier molecular flexibility index (Phi) is 5.71. The van der Waals surface area contributed by atoms with Gasteiger partial charge in [0.15, 0.2) is 0 Å². The summed E-state index contributed by atoms with van der Waals surface area (Å²) in [5, 5.41) is 0. The first kappa shape index (κ1) is 20.0. The van der Waals surface area contributed by atoms with Crippen molar-refractivity contribution in [3.05, 3.63) is 66.8 Å². The predicted octanol–water partition coefficient (Wildman–Crippen LogP) is 5.08. The minimum atomic E-state index is -4.74. The van der Waals surface area contributed by atoms with Crippen LogP contribution in [0.5, 0.6) is 0 Å². The van der Waals surface area contributed by atoms with Gasteiger partial charge in [0.1, 0.15) is 0 Å². The minimum Gasteiger partial charge on any atom is -0.333 e. The Bertz CT molecular complexity index is 827. The highest BCUT2D eigenvalue weighted by molar-refractivity contribution is 14.1. The zero-order valence-corrected chi connectivity index (χ0v) is 17.9. The molecule has 0 aliphatic carbocycles. The molecule has 25 heavy (non-hydrogen) atoms. The highest BCUT2D eigenvalue weighted by Gasteiger charge is 2.41. The molecule has 2 aromatic carbocycles. The van der Waals surface area contributed by atoms with Gasteiger partial charge in [0.2, 0.25) is 0 Å². The lowest BCUT2D eigenvalue weighted by Gasteiger charge is -2.16. The molecule has 4 nitrogen and oxygen atoms in total. The number of carbonyl (C=O) groups is 2. The molecule has 0 bridgehead atoms. The lowest BCUT2D eigenvalue weighted by molar-refractivity contribution is 0.101. The maximum atomic E-state index is 12.8. The molecular weight excluding hydrogens is 450 g/mol. The molecule has 0 saturated heterocycles. The monoisotopic (exact) mass is 470 g/mol. The summed E-state index contributed by atoms with van der Waals surface area (Å²) in [5.41, 5.74) is 1.99. The molecule has 1 unspecified atom stereocenters. The summed E-state index contributed by atoms with van der Waals surface area (Å²) >= 11 is 1.96. The number of benzene rings is 2. The van der Waals surface area contributed by atoms with Crippen LogP contribution in [0.2, 0.25) is 0 Å². The van der Waals surface area contributed by atoms with Gasteiger partial charge in [-0.1, -0.05) is 23.8 Å². The van der Waals surface area contributed by atoms with Crippen LogP contribution in [0.4, 0.5) is 0 Å². The number of rotatable bonds is 4. The van der Waals surface area contributed by atoms with Crippen molar-refractivity contribution >= 4 is 41.0 Å². The van der Waals surface area contributed by atoms with E-state index in [1.165, 1.54) is 0 Å². The third kappa shape index (κ3) is 3.78. The van der Waals surface area contributed by atoms with E-state index in [1.807, 2.05) is 36.4 Å². The van der Waals surface area contributed by atoms with E-state index in [9.17, 15) is 19.0 Å². The summed E-state index contributed by atoms with van der Waals surface area (Å²) in [6, 6.07) is 7.06. The van der Waals surface area contributed by atoms with Crippen LogP contribution in [0.15, 0.2) is 24.3 Å². The van der Waals surface area contributed by atoms with Gasteiger partial charge in [0.05, 0.1) is 0 Å². The first-order valence-electron chi connectivity index (χ1n) is 7.74. The van der Waals surface area contributed by atoms with Gasteiger partial charge < -0.3 is 4.89 Å². The van der Waals surface area contributed by atoms with E-state index in [0.717, 1.165) is 11.1 Å². The van der Waals surface area contributed by atoms with Crippen molar-refractivity contribution in [1.82, 2.24) is 0 Å². The lowest BCUT2D eigenvalue weighted by atomic mass is 10.0. The van der Waals surface area contributed by atoms with E-state index in [0.29, 0.717) is 20.3 Å². The zero-order chi connectivity index (χ0) is 19.1. The Morgan fingerprint density at radius 1 is 0.800 bits per heavy atom. The van der Waals surface area contributed by atoms with Gasteiger partial charge in [0.25, 0.3) is 11.0 Å². The molecule has 0 radical (unpaired) electrons. The smallest absolute Gasteiger partial charge is 0.333 e. The number of carbonyl (C=O) groups excluding carboxylic acids is 2. The fraction of sp³-hybridized carbons (Fsp3) is 0.263. The molecule has 0 saturated carbocycles. The van der Waals surface area contributed by atoms with Crippen LogP contribution in [0.1, 0.15) is 48.5 Å². The van der Waals surface area contributed by atoms with Gasteiger partial charge in [-0.3, -0.25) is 14.2 Å². The SMILES string of the molecule is Cc1cc(C)c(C(=O)P(=O)(O)C(=O)c2c(C)cc(C)cc2I)c(C)c1. The molecule has 2 rings (SSSR count). The Balaban J connectivity index is 2.58. The summed E-state index contributed by atoms with van der Waals surface area (Å²) in [7, 11) is -4.74. The molecule has 0 amide bonds. The molecule has 0 aliphatic rings. The van der Waals surface area contributed by atoms with Crippen LogP contribution < -0.4 is 0 Å². The second kappa shape index (κ2) is 7.14. The van der Waals surface area contributed by atoms with Gasteiger partial charge in [-0.25, -0.2) is 0 Å². The van der Waals surface area contributed by atoms with Crippen LogP contribution in [-0.4, -0.2) is 15.9 Å². The highest BCUT2D eigenvalue weighted by Crippen LogP contribution is 2.49. The van der Waals surface area contributed by atoms with E-state index in [-0.39, 0.29) is 11.1 Å². The Morgan fingerprint density at radius 3 is 1.60 bits per heavy atom. The third-order valence-electron chi connectivity index (χ3n) is 4.09. The van der Waals surface area contributed by atoms with E-state index < -0.39 is 18.4 Å². The molecular formula is C19H20IO4P. The summed E-state index contributed by atoms with van der Waals surface area (Å²) in [4.78, 5) is 36.0. The van der Waals surface area contributed by atoms with Crippen LogP contribution in [-0.2, 0) is 4.57 Å². The molecule has 132 valence electrons. The molecule has 0 aliphatic heterocycles. The second-order valence-electron chi connectivity index (χ2n) is 6.40. The average Bonchev–Trinajstić information content (AvgIpc) is 2.44. The zero-order valence-electron chi connectivity index (χ0n) is 14.8. The molecule has 0 spiro atoms. The normalized spacial score (nSPS) is 13.4. The van der Waals surface area contributed by atoms with E-state index >= 15 is 0 Å². The van der Waals surface area contributed by atoms with Gasteiger partial charge in [-0.15, -0.1) is 0 Å². The maximum Gasteiger partial charge on any atom is 0.337 e. The number of hydrogen-bond acceptors (Lipinski definition) is 3. The summed E-state index contributed by atoms with van der Waals surface area (Å²) in [5.74, 6) is 0. The maximum absolute atomic E-state index is 12.8. The predicted molar refractivity (Wildman–Crippen MR) is 108 cm³/mol. The first-order chi connectivity index (χ1) is 11.5. The van der Waals surface area contributed by atoms with Gasteiger partial charge >= 0.3 is 7.37 Å². The van der Waals surface area contributed by atoms with Crippen molar-refractivity contribution in [2.75, 3.05) is 0 Å². The van der Waals surface area contributed by atoms with Crippen molar-refractivity contribution < 1.29 is 19.0 Å². The lowest BCUT2D eigenvalue weighted by Crippen LogP contribution is -2.15. The Labute approximate surface area is 161 Å². The topological polar surface area (TPSA) is 71.4 Å². The average molecular weight is 470 g/mol. The first-order valence-corrected chi connectivity index (χ1v) is 10.5. The van der Waals surface area contributed by atoms with E-state index in [4.69, 9.17) is 0 Å². The Hall–Kier alpha value is -1.30. The van der Waals surface area contributed by atoms with Gasteiger partial charge in [0, 0.05) is 14.7 Å². The van der Waals surface area contributed by atoms with Crippen LogP contribution >= 0.6 is 30.0 Å². The highest BCUT2D eigenvalue weighted by atomic mass is 127. The number of halogens is 1. The van der Waals surface area contributed by atoms with Gasteiger partial charge in [-0.05, 0) is 85.5 Å². The van der Waals surface area contributed by atoms with Crippen LogP contribution in [0.25, 0.3) is 0 Å². The quantitative estimate of drug-likeness (QED) is 0.500. The fourth-order valence-electron chi connectivity index (χ4n) is 3.10. The Morgan fingerprint density at radius 2 is 1.16 bits per heavy atom. The van der Waals surface area contributed by atoms with Crippen molar-refractivity contribution in [3.8, 4) is 0 Å². The van der Waals surface area contributed by atoms with Crippen molar-refractivity contribution in [3.63, 3.8) is 0 Å². The van der Waals surface area contributed by atoms with Crippen molar-refractivity contribution in [2.24, 2.45) is 0 Å². The van der Waals surface area contributed by atoms with Crippen LogP contribution in [0.3, 0.4) is 0 Å². The standard InChI is InChI=1S/C19H20IO4P/c1-10-6-12(3)16(13(4)7-10)18(21)25(23,24)19(22)17-14(5)8-11(2)9-15(17)20/h6-9H,1-5H3,(H,23,24). The fourth-order valence-corrected chi connectivity index (χ4v) is 5.91. The third-order valence-corrected chi connectivity index (χ3v) is 6.49. The van der Waals surface area contributed by atoms with Crippen molar-refractivity contribution in [2.45, 2.75) is 34.6 Å². The minimum absolute atomic E-state index is 0.146.